The van der Waals surface area contributed by atoms with Crippen molar-refractivity contribution in [3.05, 3.63) is 59.4 Å². The molecule has 0 spiro atoms. The van der Waals surface area contributed by atoms with Gasteiger partial charge >= 0.3 is 0 Å². The van der Waals surface area contributed by atoms with Crippen LogP contribution in [0.5, 0.6) is 5.75 Å². The molecule has 0 heterocycles. The van der Waals surface area contributed by atoms with Gasteiger partial charge in [-0.2, -0.15) is 0 Å². The van der Waals surface area contributed by atoms with Crippen molar-refractivity contribution >= 4 is 10.0 Å². The minimum absolute atomic E-state index is 0.0207. The smallest absolute Gasteiger partial charge is 0.241 e. The van der Waals surface area contributed by atoms with Crippen molar-refractivity contribution in [3.63, 3.8) is 0 Å². The molecule has 1 unspecified atom stereocenters. The van der Waals surface area contributed by atoms with E-state index in [9.17, 15) is 12.8 Å². The SMILES string of the molecule is COc1ccc(C)cc1C(C)NS(=O)(=O)c1ccc(F)cc1. The van der Waals surface area contributed by atoms with Crippen molar-refractivity contribution in [1.82, 2.24) is 4.72 Å². The van der Waals surface area contributed by atoms with Crippen molar-refractivity contribution in [3.8, 4) is 5.75 Å². The average Bonchev–Trinajstić information content (AvgIpc) is 2.47. The fourth-order valence-corrected chi connectivity index (χ4v) is 3.39. The molecule has 1 atom stereocenters. The molecule has 0 aliphatic carbocycles. The van der Waals surface area contributed by atoms with Crippen molar-refractivity contribution in [2.24, 2.45) is 0 Å². The number of benzene rings is 2. The summed E-state index contributed by atoms with van der Waals surface area (Å²) in [6.45, 7) is 3.66. The second-order valence-corrected chi connectivity index (χ2v) is 6.76. The Morgan fingerprint density at radius 3 is 2.36 bits per heavy atom. The molecule has 0 aliphatic heterocycles. The zero-order valence-corrected chi connectivity index (χ0v) is 13.4. The maximum absolute atomic E-state index is 12.9. The number of rotatable bonds is 5. The fourth-order valence-electron chi connectivity index (χ4n) is 2.17. The van der Waals surface area contributed by atoms with Gasteiger partial charge in [0.25, 0.3) is 0 Å². The number of aryl methyl sites for hydroxylation is 1. The number of nitrogens with one attached hydrogen (secondary N) is 1. The van der Waals surface area contributed by atoms with Crippen LogP contribution in [-0.4, -0.2) is 15.5 Å². The van der Waals surface area contributed by atoms with Crippen molar-refractivity contribution < 1.29 is 17.5 Å². The van der Waals surface area contributed by atoms with Crippen LogP contribution < -0.4 is 9.46 Å². The summed E-state index contributed by atoms with van der Waals surface area (Å²) < 4.78 is 45.4. The summed E-state index contributed by atoms with van der Waals surface area (Å²) in [7, 11) is -2.20. The number of halogens is 1. The summed E-state index contributed by atoms with van der Waals surface area (Å²) >= 11 is 0. The third-order valence-corrected chi connectivity index (χ3v) is 4.86. The molecule has 0 aliphatic rings. The molecule has 0 saturated heterocycles. The van der Waals surface area contributed by atoms with E-state index in [-0.39, 0.29) is 4.90 Å². The molecule has 0 radical (unpaired) electrons. The van der Waals surface area contributed by atoms with Crippen molar-refractivity contribution in [2.45, 2.75) is 24.8 Å². The Kier molecular flexibility index (Phi) is 4.83. The van der Waals surface area contributed by atoms with E-state index in [0.717, 1.165) is 23.3 Å². The summed E-state index contributed by atoms with van der Waals surface area (Å²) in [6, 6.07) is 9.78. The van der Waals surface area contributed by atoms with Crippen LogP contribution in [0, 0.1) is 12.7 Å². The highest BCUT2D eigenvalue weighted by molar-refractivity contribution is 7.89. The molecule has 0 fully saturated rings. The minimum atomic E-state index is -3.73. The predicted octanol–water partition coefficient (Wildman–Crippen LogP) is 3.18. The molecule has 22 heavy (non-hydrogen) atoms. The summed E-state index contributed by atoms with van der Waals surface area (Å²) in [4.78, 5) is 0.0207. The number of hydrogen-bond acceptors (Lipinski definition) is 3. The zero-order valence-electron chi connectivity index (χ0n) is 12.6. The molecule has 0 aromatic heterocycles. The van der Waals surface area contributed by atoms with E-state index in [1.54, 1.807) is 13.0 Å². The number of methoxy groups -OCH3 is 1. The predicted molar refractivity (Wildman–Crippen MR) is 82.9 cm³/mol. The Hall–Kier alpha value is -1.92. The summed E-state index contributed by atoms with van der Waals surface area (Å²) in [5, 5.41) is 0. The topological polar surface area (TPSA) is 55.4 Å². The molecule has 6 heteroatoms. The standard InChI is InChI=1S/C16H18FNO3S/c1-11-4-9-16(21-3)15(10-11)12(2)18-22(19,20)14-7-5-13(17)6-8-14/h4-10,12,18H,1-3H3. The summed E-state index contributed by atoms with van der Waals surface area (Å²) in [5.41, 5.74) is 1.75. The Balaban J connectivity index is 2.29. The lowest BCUT2D eigenvalue weighted by molar-refractivity contribution is 0.405. The van der Waals surface area contributed by atoms with E-state index in [0.29, 0.717) is 5.75 Å². The van der Waals surface area contributed by atoms with E-state index in [1.807, 2.05) is 19.1 Å². The molecule has 0 amide bonds. The lowest BCUT2D eigenvalue weighted by Gasteiger charge is -2.18. The molecule has 118 valence electrons. The molecule has 2 aromatic rings. The normalized spacial score (nSPS) is 12.9. The highest BCUT2D eigenvalue weighted by Crippen LogP contribution is 2.27. The number of ether oxygens (including phenoxy) is 1. The molecule has 4 nitrogen and oxygen atoms in total. The van der Waals surface area contributed by atoms with E-state index in [2.05, 4.69) is 4.72 Å². The molecular formula is C16H18FNO3S. The first-order chi connectivity index (χ1) is 10.3. The quantitative estimate of drug-likeness (QED) is 0.919. The van der Waals surface area contributed by atoms with Crippen LogP contribution in [0.25, 0.3) is 0 Å². The van der Waals surface area contributed by atoms with E-state index in [4.69, 9.17) is 4.74 Å². The van der Waals surface area contributed by atoms with Gasteiger partial charge in [-0.25, -0.2) is 17.5 Å². The van der Waals surface area contributed by atoms with Crippen LogP contribution in [0.3, 0.4) is 0 Å². The van der Waals surface area contributed by atoms with E-state index < -0.39 is 21.9 Å². The highest BCUT2D eigenvalue weighted by Gasteiger charge is 2.20. The van der Waals surface area contributed by atoms with Gasteiger partial charge in [-0.15, -0.1) is 0 Å². The average molecular weight is 323 g/mol. The first-order valence-electron chi connectivity index (χ1n) is 6.76. The van der Waals surface area contributed by atoms with Gasteiger partial charge in [0.05, 0.1) is 12.0 Å². The zero-order chi connectivity index (χ0) is 16.3. The van der Waals surface area contributed by atoms with E-state index in [1.165, 1.54) is 19.2 Å². The monoisotopic (exact) mass is 323 g/mol. The molecule has 0 saturated carbocycles. The van der Waals surface area contributed by atoms with E-state index >= 15 is 0 Å². The largest absolute Gasteiger partial charge is 0.496 e. The molecule has 2 aromatic carbocycles. The Morgan fingerprint density at radius 1 is 1.14 bits per heavy atom. The molecular weight excluding hydrogens is 305 g/mol. The van der Waals surface area contributed by atoms with Crippen LogP contribution in [0.4, 0.5) is 4.39 Å². The highest BCUT2D eigenvalue weighted by atomic mass is 32.2. The molecule has 2 rings (SSSR count). The van der Waals surface area contributed by atoms with Crippen LogP contribution in [-0.2, 0) is 10.0 Å². The van der Waals surface area contributed by atoms with Gasteiger partial charge in [-0.3, -0.25) is 0 Å². The first kappa shape index (κ1) is 16.5. The Labute approximate surface area is 130 Å². The third kappa shape index (κ3) is 3.64. The summed E-state index contributed by atoms with van der Waals surface area (Å²) in [5.74, 6) is 0.132. The van der Waals surface area contributed by atoms with Crippen molar-refractivity contribution in [1.29, 1.82) is 0 Å². The Morgan fingerprint density at radius 2 is 1.77 bits per heavy atom. The minimum Gasteiger partial charge on any atom is -0.496 e. The molecule has 1 N–H and O–H groups in total. The van der Waals surface area contributed by atoms with Gasteiger partial charge < -0.3 is 4.74 Å². The van der Waals surface area contributed by atoms with Crippen molar-refractivity contribution in [2.75, 3.05) is 7.11 Å². The van der Waals surface area contributed by atoms with Crippen LogP contribution in [0.15, 0.2) is 47.4 Å². The maximum Gasteiger partial charge on any atom is 0.241 e. The lowest BCUT2D eigenvalue weighted by atomic mass is 10.1. The van der Waals surface area contributed by atoms with Gasteiger partial charge in [0, 0.05) is 11.6 Å². The fraction of sp³-hybridized carbons (Fsp3) is 0.250. The maximum atomic E-state index is 12.9. The van der Waals surface area contributed by atoms with Gasteiger partial charge in [-0.1, -0.05) is 17.7 Å². The van der Waals surface area contributed by atoms with Gasteiger partial charge in [-0.05, 0) is 44.2 Å². The second-order valence-electron chi connectivity index (χ2n) is 5.04. The van der Waals surface area contributed by atoms with Crippen LogP contribution in [0.1, 0.15) is 24.1 Å². The Bertz CT molecular complexity index is 757. The second kappa shape index (κ2) is 6.46. The van der Waals surface area contributed by atoms with Crippen LogP contribution in [0.2, 0.25) is 0 Å². The first-order valence-corrected chi connectivity index (χ1v) is 8.24. The van der Waals surface area contributed by atoms with Crippen LogP contribution >= 0.6 is 0 Å². The van der Waals surface area contributed by atoms with Gasteiger partial charge in [0.1, 0.15) is 11.6 Å². The third-order valence-electron chi connectivity index (χ3n) is 3.31. The van der Waals surface area contributed by atoms with Gasteiger partial charge in [0.2, 0.25) is 10.0 Å². The number of sulfonamides is 1. The van der Waals surface area contributed by atoms with Gasteiger partial charge in [0.15, 0.2) is 0 Å². The molecule has 0 bridgehead atoms. The number of hydrogen-bond donors (Lipinski definition) is 1. The lowest BCUT2D eigenvalue weighted by Crippen LogP contribution is -2.27. The summed E-state index contributed by atoms with van der Waals surface area (Å²) in [6.07, 6.45) is 0.